The first kappa shape index (κ1) is 12.5. The highest BCUT2D eigenvalue weighted by atomic mass is 35.5. The molecule has 0 saturated heterocycles. The number of tetrazole rings is 1. The monoisotopic (exact) mass is 266 g/mol. The molecule has 2 rings (SSSR count). The minimum absolute atomic E-state index is 0.199. The van der Waals surface area contributed by atoms with E-state index in [9.17, 15) is 9.90 Å². The van der Waals surface area contributed by atoms with Crippen LogP contribution >= 0.6 is 11.6 Å². The number of carboxylic acid groups (broad SMARTS) is 1. The van der Waals surface area contributed by atoms with Gasteiger partial charge in [0.05, 0.1) is 13.0 Å². The van der Waals surface area contributed by atoms with Gasteiger partial charge in [-0.25, -0.2) is 0 Å². The average Bonchev–Trinajstić information content (AvgIpc) is 2.73. The number of nitrogens with zero attached hydrogens (tertiary/aromatic N) is 4. The number of hydrogen-bond donors (Lipinski definition) is 1. The number of aromatic nitrogens is 4. The molecule has 1 atom stereocenters. The van der Waals surface area contributed by atoms with Gasteiger partial charge in [0.2, 0.25) is 0 Å². The first-order chi connectivity index (χ1) is 8.56. The first-order valence-corrected chi connectivity index (χ1v) is 5.65. The lowest BCUT2D eigenvalue weighted by atomic mass is 9.96. The van der Waals surface area contributed by atoms with E-state index in [1.165, 1.54) is 4.80 Å². The summed E-state index contributed by atoms with van der Waals surface area (Å²) < 4.78 is 0. The Morgan fingerprint density at radius 1 is 1.44 bits per heavy atom. The maximum absolute atomic E-state index is 11.3. The van der Waals surface area contributed by atoms with Crippen LogP contribution in [0.3, 0.4) is 0 Å². The molecule has 6 nitrogen and oxygen atoms in total. The fourth-order valence-electron chi connectivity index (χ4n) is 1.63. The van der Waals surface area contributed by atoms with Crippen LogP contribution in [-0.4, -0.2) is 31.3 Å². The molecule has 0 fully saturated rings. The smallest absolute Gasteiger partial charge is 0.311 e. The number of hydrogen-bond acceptors (Lipinski definition) is 4. The van der Waals surface area contributed by atoms with Gasteiger partial charge in [-0.3, -0.25) is 4.79 Å². The predicted molar refractivity (Wildman–Crippen MR) is 64.3 cm³/mol. The van der Waals surface area contributed by atoms with Gasteiger partial charge in [0, 0.05) is 11.4 Å². The van der Waals surface area contributed by atoms with Crippen molar-refractivity contribution >= 4 is 17.6 Å². The molecular formula is C11H11ClN4O2. The molecule has 2 aromatic rings. The van der Waals surface area contributed by atoms with E-state index >= 15 is 0 Å². The lowest BCUT2D eigenvalue weighted by Gasteiger charge is -2.10. The molecule has 0 aliphatic heterocycles. The minimum atomic E-state index is -0.926. The van der Waals surface area contributed by atoms with Crippen molar-refractivity contribution in [3.05, 3.63) is 40.7 Å². The molecule has 0 saturated carbocycles. The summed E-state index contributed by atoms with van der Waals surface area (Å²) >= 11 is 5.77. The van der Waals surface area contributed by atoms with Gasteiger partial charge in [-0.05, 0) is 22.9 Å². The van der Waals surface area contributed by atoms with Crippen molar-refractivity contribution in [3.8, 4) is 0 Å². The number of carboxylic acids is 1. The zero-order valence-electron chi connectivity index (χ0n) is 9.62. The Bertz CT molecular complexity index is 552. The van der Waals surface area contributed by atoms with Gasteiger partial charge >= 0.3 is 5.97 Å². The normalized spacial score (nSPS) is 12.3. The summed E-state index contributed by atoms with van der Waals surface area (Å²) in [5.74, 6) is -1.23. The number of aliphatic carboxylic acids is 1. The molecule has 0 aliphatic carbocycles. The van der Waals surface area contributed by atoms with Crippen LogP contribution in [0, 0.1) is 0 Å². The van der Waals surface area contributed by atoms with Gasteiger partial charge in [0.15, 0.2) is 5.82 Å². The highest BCUT2D eigenvalue weighted by molar-refractivity contribution is 6.30. The second-order valence-corrected chi connectivity index (χ2v) is 4.28. The van der Waals surface area contributed by atoms with E-state index in [1.54, 1.807) is 31.3 Å². The van der Waals surface area contributed by atoms with Crippen LogP contribution in [0.25, 0.3) is 0 Å². The zero-order valence-corrected chi connectivity index (χ0v) is 10.4. The van der Waals surface area contributed by atoms with E-state index in [1.807, 2.05) is 0 Å². The number of halogens is 1. The Hall–Kier alpha value is -1.95. The molecule has 1 aromatic carbocycles. The number of benzene rings is 1. The van der Waals surface area contributed by atoms with Crippen molar-refractivity contribution in [2.24, 2.45) is 7.05 Å². The Kier molecular flexibility index (Phi) is 3.57. The SMILES string of the molecule is Cn1nnc(CC(C(=O)O)c2ccc(Cl)cc2)n1. The molecule has 0 radical (unpaired) electrons. The highest BCUT2D eigenvalue weighted by Gasteiger charge is 2.22. The largest absolute Gasteiger partial charge is 0.481 e. The van der Waals surface area contributed by atoms with Crippen molar-refractivity contribution in [2.45, 2.75) is 12.3 Å². The maximum Gasteiger partial charge on any atom is 0.311 e. The predicted octanol–water partition coefficient (Wildman–Crippen LogP) is 1.27. The van der Waals surface area contributed by atoms with Gasteiger partial charge in [0.25, 0.3) is 0 Å². The third kappa shape index (κ3) is 2.84. The molecule has 0 bridgehead atoms. The fraction of sp³-hybridized carbons (Fsp3) is 0.273. The topological polar surface area (TPSA) is 80.9 Å². The summed E-state index contributed by atoms with van der Waals surface area (Å²) in [6.45, 7) is 0. The summed E-state index contributed by atoms with van der Waals surface area (Å²) in [4.78, 5) is 12.6. The molecule has 1 N–H and O–H groups in total. The van der Waals surface area contributed by atoms with Crippen LogP contribution in [0.2, 0.25) is 5.02 Å². The van der Waals surface area contributed by atoms with E-state index in [0.29, 0.717) is 16.4 Å². The van der Waals surface area contributed by atoms with E-state index in [4.69, 9.17) is 11.6 Å². The van der Waals surface area contributed by atoms with Gasteiger partial charge in [-0.15, -0.1) is 10.2 Å². The van der Waals surface area contributed by atoms with Gasteiger partial charge < -0.3 is 5.11 Å². The molecule has 0 amide bonds. The van der Waals surface area contributed by atoms with Gasteiger partial charge in [-0.2, -0.15) is 4.80 Å². The lowest BCUT2D eigenvalue weighted by molar-refractivity contribution is -0.138. The van der Waals surface area contributed by atoms with E-state index < -0.39 is 11.9 Å². The Balaban J connectivity index is 2.23. The minimum Gasteiger partial charge on any atom is -0.481 e. The summed E-state index contributed by atoms with van der Waals surface area (Å²) in [5.41, 5.74) is 0.666. The summed E-state index contributed by atoms with van der Waals surface area (Å²) in [5, 5.41) is 21.3. The van der Waals surface area contributed by atoms with Gasteiger partial charge in [-0.1, -0.05) is 23.7 Å². The standard InChI is InChI=1S/C11H11ClN4O2/c1-16-14-10(13-15-16)6-9(11(17)18)7-2-4-8(12)5-3-7/h2-5,9H,6H2,1H3,(H,17,18). The Morgan fingerprint density at radius 2 is 2.11 bits per heavy atom. The van der Waals surface area contributed by atoms with Crippen molar-refractivity contribution < 1.29 is 9.90 Å². The van der Waals surface area contributed by atoms with Crippen molar-refractivity contribution in [1.29, 1.82) is 0 Å². The van der Waals surface area contributed by atoms with Crippen LogP contribution in [0.4, 0.5) is 0 Å². The molecular weight excluding hydrogens is 256 g/mol. The van der Waals surface area contributed by atoms with E-state index in [-0.39, 0.29) is 6.42 Å². The molecule has 0 aliphatic rings. The second kappa shape index (κ2) is 5.14. The van der Waals surface area contributed by atoms with E-state index in [2.05, 4.69) is 15.4 Å². The molecule has 1 unspecified atom stereocenters. The maximum atomic E-state index is 11.3. The van der Waals surface area contributed by atoms with Crippen LogP contribution < -0.4 is 0 Å². The van der Waals surface area contributed by atoms with Gasteiger partial charge in [0.1, 0.15) is 0 Å². The first-order valence-electron chi connectivity index (χ1n) is 5.27. The molecule has 18 heavy (non-hydrogen) atoms. The Labute approximate surface area is 108 Å². The summed E-state index contributed by atoms with van der Waals surface area (Å²) in [6, 6.07) is 6.71. The molecule has 1 heterocycles. The van der Waals surface area contributed by atoms with Crippen molar-refractivity contribution in [3.63, 3.8) is 0 Å². The Morgan fingerprint density at radius 3 is 2.61 bits per heavy atom. The highest BCUT2D eigenvalue weighted by Crippen LogP contribution is 2.21. The molecule has 94 valence electrons. The van der Waals surface area contributed by atoms with Crippen LogP contribution in [-0.2, 0) is 18.3 Å². The van der Waals surface area contributed by atoms with Crippen LogP contribution in [0.15, 0.2) is 24.3 Å². The number of rotatable bonds is 4. The molecule has 7 heteroatoms. The van der Waals surface area contributed by atoms with Crippen LogP contribution in [0.5, 0.6) is 0 Å². The lowest BCUT2D eigenvalue weighted by Crippen LogP contribution is -2.15. The molecule has 1 aromatic heterocycles. The quantitative estimate of drug-likeness (QED) is 0.901. The summed E-state index contributed by atoms with van der Waals surface area (Å²) in [6.07, 6.45) is 0.199. The average molecular weight is 267 g/mol. The van der Waals surface area contributed by atoms with Crippen molar-refractivity contribution in [1.82, 2.24) is 20.2 Å². The van der Waals surface area contributed by atoms with Crippen molar-refractivity contribution in [2.75, 3.05) is 0 Å². The van der Waals surface area contributed by atoms with Crippen LogP contribution in [0.1, 0.15) is 17.3 Å². The third-order valence-electron chi connectivity index (χ3n) is 2.51. The van der Waals surface area contributed by atoms with E-state index in [0.717, 1.165) is 0 Å². The number of aryl methyl sites for hydroxylation is 1. The second-order valence-electron chi connectivity index (χ2n) is 3.84. The summed E-state index contributed by atoms with van der Waals surface area (Å²) in [7, 11) is 1.63. The fourth-order valence-corrected chi connectivity index (χ4v) is 1.76. The third-order valence-corrected chi connectivity index (χ3v) is 2.76. The molecule has 0 spiro atoms. The number of carbonyl (C=O) groups is 1. The zero-order chi connectivity index (χ0) is 13.1.